The third kappa shape index (κ3) is 3.16. The Morgan fingerprint density at radius 2 is 1.90 bits per heavy atom. The van der Waals surface area contributed by atoms with Crippen LogP contribution in [0.1, 0.15) is 31.1 Å². The maximum atomic E-state index is 13.0. The van der Waals surface area contributed by atoms with Crippen LogP contribution in [0.5, 0.6) is 0 Å². The zero-order valence-corrected chi connectivity index (χ0v) is 12.1. The number of hydrogen-bond acceptors (Lipinski definition) is 4. The van der Waals surface area contributed by atoms with Crippen molar-refractivity contribution in [3.63, 3.8) is 0 Å². The van der Waals surface area contributed by atoms with Gasteiger partial charge in [-0.1, -0.05) is 6.42 Å². The highest BCUT2D eigenvalue weighted by molar-refractivity contribution is 7.07. The molecule has 0 spiro atoms. The molecular weight excluding hydrogens is 273 g/mol. The third-order valence-electron chi connectivity index (χ3n) is 3.63. The molecule has 2 heterocycles. The summed E-state index contributed by atoms with van der Waals surface area (Å²) in [7, 11) is 0. The van der Waals surface area contributed by atoms with E-state index >= 15 is 0 Å². The van der Waals surface area contributed by atoms with Gasteiger partial charge >= 0.3 is 0 Å². The molecule has 20 heavy (non-hydrogen) atoms. The lowest BCUT2D eigenvalue weighted by Gasteiger charge is -2.34. The average Bonchev–Trinajstić information content (AvgIpc) is 3.01. The number of likely N-dealkylation sites (tertiary alicyclic amines) is 1. The molecule has 1 fully saturated rings. The van der Waals surface area contributed by atoms with Crippen LogP contribution in [0.3, 0.4) is 0 Å². The first kappa shape index (κ1) is 13.5. The van der Waals surface area contributed by atoms with E-state index in [0.29, 0.717) is 0 Å². The number of benzene rings is 1. The van der Waals surface area contributed by atoms with Gasteiger partial charge in [-0.3, -0.25) is 4.90 Å². The van der Waals surface area contributed by atoms with Gasteiger partial charge in [-0.05, 0) is 37.1 Å². The van der Waals surface area contributed by atoms with Gasteiger partial charge < -0.3 is 5.32 Å². The second kappa shape index (κ2) is 6.33. The number of thiazole rings is 1. The lowest BCUT2D eigenvalue weighted by Crippen LogP contribution is -2.37. The molecule has 2 aromatic rings. The maximum Gasteiger partial charge on any atom is 0.124 e. The molecule has 1 N–H and O–H groups in total. The molecule has 1 aromatic heterocycles. The summed E-state index contributed by atoms with van der Waals surface area (Å²) >= 11 is 1.61. The Kier molecular flexibility index (Phi) is 4.28. The molecule has 0 amide bonds. The van der Waals surface area contributed by atoms with E-state index in [2.05, 4.69) is 20.6 Å². The summed E-state index contributed by atoms with van der Waals surface area (Å²) in [6, 6.07) is 6.52. The Balaban J connectivity index is 1.79. The van der Waals surface area contributed by atoms with E-state index in [9.17, 15) is 4.39 Å². The van der Waals surface area contributed by atoms with Crippen molar-refractivity contribution >= 4 is 17.0 Å². The van der Waals surface area contributed by atoms with Crippen molar-refractivity contribution in [2.75, 3.05) is 18.4 Å². The number of rotatable bonds is 4. The van der Waals surface area contributed by atoms with Gasteiger partial charge in [0.25, 0.3) is 0 Å². The van der Waals surface area contributed by atoms with Crippen LogP contribution in [-0.2, 0) is 0 Å². The SMILES string of the molecule is Fc1ccc(NC(c2cscn2)N2CCCCC2)cc1. The molecule has 1 saturated heterocycles. The first-order valence-corrected chi connectivity index (χ1v) is 7.91. The quantitative estimate of drug-likeness (QED) is 0.926. The van der Waals surface area contributed by atoms with Crippen molar-refractivity contribution in [2.24, 2.45) is 0 Å². The van der Waals surface area contributed by atoms with E-state index in [-0.39, 0.29) is 12.0 Å². The molecule has 0 saturated carbocycles. The van der Waals surface area contributed by atoms with Crippen LogP contribution in [0.4, 0.5) is 10.1 Å². The van der Waals surface area contributed by atoms with Crippen molar-refractivity contribution in [1.82, 2.24) is 9.88 Å². The highest BCUT2D eigenvalue weighted by atomic mass is 32.1. The molecular formula is C15H18FN3S. The fourth-order valence-corrected chi connectivity index (χ4v) is 3.16. The van der Waals surface area contributed by atoms with Gasteiger partial charge in [-0.2, -0.15) is 0 Å². The molecule has 106 valence electrons. The first-order chi connectivity index (χ1) is 9.83. The van der Waals surface area contributed by atoms with Gasteiger partial charge in [0.15, 0.2) is 0 Å². The topological polar surface area (TPSA) is 28.2 Å². The Morgan fingerprint density at radius 3 is 2.55 bits per heavy atom. The predicted octanol–water partition coefficient (Wildman–Crippen LogP) is 3.88. The summed E-state index contributed by atoms with van der Waals surface area (Å²) in [5.41, 5.74) is 3.83. The number of hydrogen-bond donors (Lipinski definition) is 1. The Hall–Kier alpha value is -1.46. The smallest absolute Gasteiger partial charge is 0.124 e. The monoisotopic (exact) mass is 291 g/mol. The molecule has 0 bridgehead atoms. The van der Waals surface area contributed by atoms with Gasteiger partial charge in [-0.25, -0.2) is 9.37 Å². The van der Waals surface area contributed by atoms with E-state index in [1.165, 1.54) is 31.4 Å². The second-order valence-electron chi connectivity index (χ2n) is 5.06. The molecule has 1 aliphatic heterocycles. The molecule has 5 heteroatoms. The van der Waals surface area contributed by atoms with E-state index < -0.39 is 0 Å². The fourth-order valence-electron chi connectivity index (χ4n) is 2.59. The van der Waals surface area contributed by atoms with Gasteiger partial charge in [0.05, 0.1) is 11.2 Å². The highest BCUT2D eigenvalue weighted by Crippen LogP contribution is 2.26. The van der Waals surface area contributed by atoms with Crippen LogP contribution in [0.25, 0.3) is 0 Å². The average molecular weight is 291 g/mol. The lowest BCUT2D eigenvalue weighted by atomic mass is 10.1. The Labute approximate surface area is 122 Å². The predicted molar refractivity (Wildman–Crippen MR) is 80.3 cm³/mol. The molecule has 0 radical (unpaired) electrons. The van der Waals surface area contributed by atoms with E-state index in [4.69, 9.17) is 0 Å². The van der Waals surface area contributed by atoms with Gasteiger partial charge in [0, 0.05) is 24.2 Å². The van der Waals surface area contributed by atoms with E-state index in [1.807, 2.05) is 5.51 Å². The summed E-state index contributed by atoms with van der Waals surface area (Å²) < 4.78 is 13.0. The molecule has 1 atom stereocenters. The van der Waals surface area contributed by atoms with Crippen LogP contribution in [0.15, 0.2) is 35.2 Å². The zero-order valence-electron chi connectivity index (χ0n) is 11.3. The minimum atomic E-state index is -0.210. The highest BCUT2D eigenvalue weighted by Gasteiger charge is 2.23. The van der Waals surface area contributed by atoms with Crippen LogP contribution in [0, 0.1) is 5.82 Å². The van der Waals surface area contributed by atoms with Gasteiger partial charge in [0.2, 0.25) is 0 Å². The fraction of sp³-hybridized carbons (Fsp3) is 0.400. The minimum Gasteiger partial charge on any atom is -0.365 e. The summed E-state index contributed by atoms with van der Waals surface area (Å²) in [5, 5.41) is 5.56. The Bertz CT molecular complexity index is 521. The summed E-state index contributed by atoms with van der Waals surface area (Å²) in [6.45, 7) is 2.16. The van der Waals surface area contributed by atoms with Crippen LogP contribution in [-0.4, -0.2) is 23.0 Å². The van der Waals surface area contributed by atoms with Crippen LogP contribution >= 0.6 is 11.3 Å². The van der Waals surface area contributed by atoms with Crippen molar-refractivity contribution in [2.45, 2.75) is 25.4 Å². The third-order valence-corrected chi connectivity index (χ3v) is 4.24. The van der Waals surface area contributed by atoms with Gasteiger partial charge in [0.1, 0.15) is 12.0 Å². The van der Waals surface area contributed by atoms with Crippen molar-refractivity contribution in [1.29, 1.82) is 0 Å². The minimum absolute atomic E-state index is 0.0759. The molecule has 1 aromatic carbocycles. The molecule has 3 nitrogen and oxygen atoms in total. The van der Waals surface area contributed by atoms with Crippen molar-refractivity contribution in [3.05, 3.63) is 46.7 Å². The van der Waals surface area contributed by atoms with Crippen LogP contribution in [0.2, 0.25) is 0 Å². The molecule has 1 unspecified atom stereocenters. The first-order valence-electron chi connectivity index (χ1n) is 6.97. The molecule has 1 aliphatic rings. The summed E-state index contributed by atoms with van der Waals surface area (Å²) in [6.07, 6.45) is 3.83. The zero-order chi connectivity index (χ0) is 13.8. The van der Waals surface area contributed by atoms with Gasteiger partial charge in [-0.15, -0.1) is 11.3 Å². The standard InChI is InChI=1S/C15H18FN3S/c16-12-4-6-13(7-5-12)18-15(14-10-20-11-17-14)19-8-2-1-3-9-19/h4-7,10-11,15,18H,1-3,8-9H2. The second-order valence-corrected chi connectivity index (χ2v) is 5.78. The number of anilines is 1. The summed E-state index contributed by atoms with van der Waals surface area (Å²) in [5.74, 6) is -0.210. The van der Waals surface area contributed by atoms with Crippen molar-refractivity contribution in [3.8, 4) is 0 Å². The van der Waals surface area contributed by atoms with Crippen molar-refractivity contribution < 1.29 is 4.39 Å². The van der Waals surface area contributed by atoms with Crippen LogP contribution < -0.4 is 5.32 Å². The Morgan fingerprint density at radius 1 is 1.15 bits per heavy atom. The number of nitrogens with zero attached hydrogens (tertiary/aromatic N) is 2. The molecule has 3 rings (SSSR count). The lowest BCUT2D eigenvalue weighted by molar-refractivity contribution is 0.178. The summed E-state index contributed by atoms with van der Waals surface area (Å²) in [4.78, 5) is 6.86. The number of halogens is 1. The maximum absolute atomic E-state index is 13.0. The number of piperidine rings is 1. The normalized spacial score (nSPS) is 17.9. The number of aromatic nitrogens is 1. The molecule has 0 aliphatic carbocycles. The van der Waals surface area contributed by atoms with E-state index in [1.54, 1.807) is 23.5 Å². The largest absolute Gasteiger partial charge is 0.365 e. The number of nitrogens with one attached hydrogen (secondary N) is 1. The van der Waals surface area contributed by atoms with E-state index in [0.717, 1.165) is 24.5 Å².